The van der Waals surface area contributed by atoms with Crippen molar-refractivity contribution in [2.45, 2.75) is 89.9 Å². The topological polar surface area (TPSA) is 24.5 Å². The standard InChI is InChI=1S/C17H34N2O/c1-5-10-18-14-11-15-8-7-9-16(12-14)19(15)13-17(3,4)20-6-2/h14-16,18H,5-13H2,1-4H3. The molecule has 2 aliphatic rings. The van der Waals surface area contributed by atoms with Crippen molar-refractivity contribution in [3.8, 4) is 0 Å². The van der Waals surface area contributed by atoms with Gasteiger partial charge in [0, 0.05) is 31.3 Å². The Bertz CT molecular complexity index is 279. The van der Waals surface area contributed by atoms with Crippen LogP contribution in [-0.4, -0.2) is 48.3 Å². The number of nitrogens with zero attached hydrogens (tertiary/aromatic N) is 1. The maximum Gasteiger partial charge on any atom is 0.0752 e. The van der Waals surface area contributed by atoms with Crippen LogP contribution in [0.2, 0.25) is 0 Å². The van der Waals surface area contributed by atoms with E-state index in [9.17, 15) is 0 Å². The number of rotatable bonds is 7. The lowest BCUT2D eigenvalue weighted by atomic mass is 9.81. The predicted molar refractivity (Wildman–Crippen MR) is 85.2 cm³/mol. The third-order valence-corrected chi connectivity index (χ3v) is 4.91. The van der Waals surface area contributed by atoms with Crippen molar-refractivity contribution < 1.29 is 4.74 Å². The van der Waals surface area contributed by atoms with Crippen molar-refractivity contribution in [2.24, 2.45) is 0 Å². The molecule has 0 aromatic rings. The molecular weight excluding hydrogens is 248 g/mol. The zero-order chi connectivity index (χ0) is 14.6. The van der Waals surface area contributed by atoms with Crippen LogP contribution in [-0.2, 0) is 4.74 Å². The van der Waals surface area contributed by atoms with Crippen molar-refractivity contribution in [3.05, 3.63) is 0 Å². The van der Waals surface area contributed by atoms with Crippen molar-refractivity contribution in [1.82, 2.24) is 10.2 Å². The monoisotopic (exact) mass is 282 g/mol. The molecule has 2 atom stereocenters. The van der Waals surface area contributed by atoms with E-state index >= 15 is 0 Å². The van der Waals surface area contributed by atoms with Gasteiger partial charge in [0.05, 0.1) is 5.60 Å². The number of hydrogen-bond donors (Lipinski definition) is 1. The molecule has 0 aromatic carbocycles. The smallest absolute Gasteiger partial charge is 0.0752 e. The molecule has 2 aliphatic heterocycles. The van der Waals surface area contributed by atoms with Crippen LogP contribution in [0.3, 0.4) is 0 Å². The first-order valence-corrected chi connectivity index (χ1v) is 8.68. The van der Waals surface area contributed by atoms with Crippen molar-refractivity contribution >= 4 is 0 Å². The molecule has 0 spiro atoms. The molecule has 2 rings (SSSR count). The molecule has 0 aromatic heterocycles. The first kappa shape index (κ1) is 16.3. The van der Waals surface area contributed by atoms with Crippen LogP contribution in [0.4, 0.5) is 0 Å². The Hall–Kier alpha value is -0.120. The van der Waals surface area contributed by atoms with Gasteiger partial charge in [-0.3, -0.25) is 4.90 Å². The molecule has 20 heavy (non-hydrogen) atoms. The summed E-state index contributed by atoms with van der Waals surface area (Å²) in [7, 11) is 0. The second-order valence-electron chi connectivity index (χ2n) is 7.23. The number of ether oxygens (including phenoxy) is 1. The highest BCUT2D eigenvalue weighted by Crippen LogP contribution is 2.35. The van der Waals surface area contributed by atoms with E-state index in [0.29, 0.717) is 0 Å². The van der Waals surface area contributed by atoms with Gasteiger partial charge in [-0.15, -0.1) is 0 Å². The SMILES string of the molecule is CCCNC1CC2CCCC(C1)N2CC(C)(C)OCC. The summed E-state index contributed by atoms with van der Waals surface area (Å²) in [5, 5.41) is 3.75. The maximum absolute atomic E-state index is 5.93. The summed E-state index contributed by atoms with van der Waals surface area (Å²) in [6.07, 6.45) is 8.08. The summed E-state index contributed by atoms with van der Waals surface area (Å²) in [6, 6.07) is 2.30. The van der Waals surface area contributed by atoms with Crippen molar-refractivity contribution in [3.63, 3.8) is 0 Å². The van der Waals surface area contributed by atoms with Gasteiger partial charge in [0.1, 0.15) is 0 Å². The molecule has 3 heteroatoms. The van der Waals surface area contributed by atoms with Gasteiger partial charge in [0.15, 0.2) is 0 Å². The van der Waals surface area contributed by atoms with E-state index in [1.165, 1.54) is 45.1 Å². The van der Waals surface area contributed by atoms with E-state index < -0.39 is 0 Å². The third kappa shape index (κ3) is 4.19. The number of fused-ring (bicyclic) bond motifs is 2. The van der Waals surface area contributed by atoms with E-state index in [1.54, 1.807) is 0 Å². The van der Waals surface area contributed by atoms with Gasteiger partial charge >= 0.3 is 0 Å². The number of hydrogen-bond acceptors (Lipinski definition) is 3. The molecule has 0 amide bonds. The molecule has 2 fully saturated rings. The van der Waals surface area contributed by atoms with Crippen molar-refractivity contribution in [2.75, 3.05) is 19.7 Å². The highest BCUT2D eigenvalue weighted by Gasteiger charge is 2.40. The Morgan fingerprint density at radius 3 is 2.35 bits per heavy atom. The summed E-state index contributed by atoms with van der Waals surface area (Å²) in [5.41, 5.74) is -0.00766. The molecule has 0 aliphatic carbocycles. The molecule has 1 N–H and O–H groups in total. The summed E-state index contributed by atoms with van der Waals surface area (Å²) in [6.45, 7) is 11.9. The summed E-state index contributed by atoms with van der Waals surface area (Å²) in [5.74, 6) is 0. The van der Waals surface area contributed by atoms with Crippen LogP contribution in [0.25, 0.3) is 0 Å². The second kappa shape index (κ2) is 7.24. The van der Waals surface area contributed by atoms with E-state index in [-0.39, 0.29) is 5.60 Å². The molecule has 2 unspecified atom stereocenters. The molecule has 3 nitrogen and oxygen atoms in total. The third-order valence-electron chi connectivity index (χ3n) is 4.91. The zero-order valence-electron chi connectivity index (χ0n) is 14.0. The lowest BCUT2D eigenvalue weighted by molar-refractivity contribution is -0.0750. The highest BCUT2D eigenvalue weighted by atomic mass is 16.5. The van der Waals surface area contributed by atoms with Crippen LogP contribution < -0.4 is 5.32 Å². The van der Waals surface area contributed by atoms with Crippen LogP contribution in [0.15, 0.2) is 0 Å². The molecule has 0 saturated carbocycles. The zero-order valence-corrected chi connectivity index (χ0v) is 14.0. The predicted octanol–water partition coefficient (Wildman–Crippen LogP) is 3.19. The fourth-order valence-corrected chi connectivity index (χ4v) is 4.13. The van der Waals surface area contributed by atoms with E-state index in [0.717, 1.165) is 31.3 Å². The average molecular weight is 282 g/mol. The van der Waals surface area contributed by atoms with E-state index in [2.05, 4.69) is 37.9 Å². The fraction of sp³-hybridized carbons (Fsp3) is 1.00. The van der Waals surface area contributed by atoms with Gasteiger partial charge < -0.3 is 10.1 Å². The molecule has 0 radical (unpaired) electrons. The second-order valence-corrected chi connectivity index (χ2v) is 7.23. The minimum atomic E-state index is -0.00766. The molecule has 118 valence electrons. The van der Waals surface area contributed by atoms with Crippen LogP contribution >= 0.6 is 0 Å². The van der Waals surface area contributed by atoms with Crippen LogP contribution in [0, 0.1) is 0 Å². The minimum Gasteiger partial charge on any atom is -0.375 e. The average Bonchev–Trinajstić information content (AvgIpc) is 2.36. The Morgan fingerprint density at radius 1 is 1.15 bits per heavy atom. The Kier molecular flexibility index (Phi) is 5.88. The Morgan fingerprint density at radius 2 is 1.80 bits per heavy atom. The summed E-state index contributed by atoms with van der Waals surface area (Å²) < 4.78 is 5.93. The number of piperidine rings is 2. The van der Waals surface area contributed by atoms with Gasteiger partial charge in [-0.25, -0.2) is 0 Å². The van der Waals surface area contributed by atoms with E-state index in [1.807, 2.05) is 0 Å². The molecule has 2 heterocycles. The lowest BCUT2D eigenvalue weighted by Crippen LogP contribution is -2.59. The van der Waals surface area contributed by atoms with Crippen LogP contribution in [0.1, 0.15) is 66.2 Å². The van der Waals surface area contributed by atoms with Gasteiger partial charge in [-0.05, 0) is 59.4 Å². The van der Waals surface area contributed by atoms with Gasteiger partial charge in [-0.1, -0.05) is 13.3 Å². The first-order valence-electron chi connectivity index (χ1n) is 8.68. The van der Waals surface area contributed by atoms with Gasteiger partial charge in [-0.2, -0.15) is 0 Å². The fourth-order valence-electron chi connectivity index (χ4n) is 4.13. The molecule has 2 saturated heterocycles. The summed E-state index contributed by atoms with van der Waals surface area (Å²) in [4.78, 5) is 2.77. The van der Waals surface area contributed by atoms with Crippen LogP contribution in [0.5, 0.6) is 0 Å². The quantitative estimate of drug-likeness (QED) is 0.776. The molecule has 2 bridgehead atoms. The van der Waals surface area contributed by atoms with Crippen molar-refractivity contribution in [1.29, 1.82) is 0 Å². The summed E-state index contributed by atoms with van der Waals surface area (Å²) >= 11 is 0. The number of nitrogens with one attached hydrogen (secondary N) is 1. The first-order chi connectivity index (χ1) is 9.55. The van der Waals surface area contributed by atoms with Gasteiger partial charge in [0.25, 0.3) is 0 Å². The largest absolute Gasteiger partial charge is 0.375 e. The van der Waals surface area contributed by atoms with E-state index in [4.69, 9.17) is 4.74 Å². The minimum absolute atomic E-state index is 0.00766. The normalized spacial score (nSPS) is 31.5. The lowest BCUT2D eigenvalue weighted by Gasteiger charge is -2.51. The Labute approximate surface area is 125 Å². The Balaban J connectivity index is 1.94. The van der Waals surface area contributed by atoms with Gasteiger partial charge in [0.2, 0.25) is 0 Å². The highest BCUT2D eigenvalue weighted by molar-refractivity contribution is 4.96. The molecular formula is C17H34N2O. The maximum atomic E-state index is 5.93.